The zero-order valence-electron chi connectivity index (χ0n) is 11.4. The van der Waals surface area contributed by atoms with Crippen molar-refractivity contribution >= 4 is 5.97 Å². The molecule has 0 radical (unpaired) electrons. The van der Waals surface area contributed by atoms with E-state index in [2.05, 4.69) is 0 Å². The molecule has 1 N–H and O–H groups in total. The maximum absolute atomic E-state index is 13.6. The van der Waals surface area contributed by atoms with E-state index < -0.39 is 23.7 Å². The Morgan fingerprint density at radius 3 is 2.38 bits per heavy atom. The number of aryl methyl sites for hydroxylation is 1. The standard InChI is InChI=1S/C17H14F2O2/c1-11-5-2-3-8-14(11)12-6-4-7-13(9-12)16(15(20)21)10-17(16,18)19/h2-9H,10H2,1H3,(H,20,21). The highest BCUT2D eigenvalue weighted by atomic mass is 19.3. The molecule has 1 atom stereocenters. The predicted molar refractivity (Wildman–Crippen MR) is 75.5 cm³/mol. The van der Waals surface area contributed by atoms with Crippen LogP contribution in [0.25, 0.3) is 11.1 Å². The van der Waals surface area contributed by atoms with E-state index in [1.807, 2.05) is 37.3 Å². The molecule has 0 bridgehead atoms. The molecule has 0 aromatic heterocycles. The van der Waals surface area contributed by atoms with Gasteiger partial charge in [-0.25, -0.2) is 8.78 Å². The average Bonchev–Trinajstić information content (AvgIpc) is 3.04. The van der Waals surface area contributed by atoms with Crippen molar-refractivity contribution < 1.29 is 18.7 Å². The quantitative estimate of drug-likeness (QED) is 0.926. The van der Waals surface area contributed by atoms with Crippen LogP contribution in [0.1, 0.15) is 17.5 Å². The molecule has 0 spiro atoms. The van der Waals surface area contributed by atoms with Gasteiger partial charge in [-0.3, -0.25) is 4.79 Å². The van der Waals surface area contributed by atoms with E-state index in [9.17, 15) is 18.7 Å². The van der Waals surface area contributed by atoms with Gasteiger partial charge in [-0.05, 0) is 35.2 Å². The summed E-state index contributed by atoms with van der Waals surface area (Å²) in [5, 5.41) is 9.23. The van der Waals surface area contributed by atoms with Gasteiger partial charge in [-0.15, -0.1) is 0 Å². The van der Waals surface area contributed by atoms with E-state index in [0.717, 1.165) is 16.7 Å². The summed E-state index contributed by atoms with van der Waals surface area (Å²) in [6.07, 6.45) is -0.632. The fourth-order valence-electron chi connectivity index (χ4n) is 2.81. The van der Waals surface area contributed by atoms with Gasteiger partial charge in [-0.1, -0.05) is 42.5 Å². The third kappa shape index (κ3) is 1.94. The maximum atomic E-state index is 13.6. The van der Waals surface area contributed by atoms with Gasteiger partial charge in [0, 0.05) is 6.42 Å². The molecule has 4 heteroatoms. The van der Waals surface area contributed by atoms with E-state index >= 15 is 0 Å². The predicted octanol–water partition coefficient (Wildman–Crippen LogP) is 4.02. The first-order valence-electron chi connectivity index (χ1n) is 6.66. The summed E-state index contributed by atoms with van der Waals surface area (Å²) in [6, 6.07) is 14.1. The van der Waals surface area contributed by atoms with Gasteiger partial charge in [0.05, 0.1) is 0 Å². The molecule has 1 fully saturated rings. The lowest BCUT2D eigenvalue weighted by atomic mass is 9.91. The van der Waals surface area contributed by atoms with Gasteiger partial charge in [0.2, 0.25) is 0 Å². The average molecular weight is 288 g/mol. The van der Waals surface area contributed by atoms with Crippen LogP contribution in [0.3, 0.4) is 0 Å². The first-order chi connectivity index (χ1) is 9.88. The maximum Gasteiger partial charge on any atom is 0.320 e. The Kier molecular flexibility index (Phi) is 2.87. The van der Waals surface area contributed by atoms with Crippen LogP contribution in [-0.2, 0) is 10.2 Å². The van der Waals surface area contributed by atoms with Crippen molar-refractivity contribution in [2.75, 3.05) is 0 Å². The second-order valence-electron chi connectivity index (χ2n) is 5.49. The summed E-state index contributed by atoms with van der Waals surface area (Å²) < 4.78 is 27.2. The third-order valence-electron chi connectivity index (χ3n) is 4.16. The largest absolute Gasteiger partial charge is 0.480 e. The Labute approximate surface area is 121 Å². The van der Waals surface area contributed by atoms with Crippen molar-refractivity contribution in [1.29, 1.82) is 0 Å². The van der Waals surface area contributed by atoms with E-state index in [1.54, 1.807) is 12.1 Å². The lowest BCUT2D eigenvalue weighted by Crippen LogP contribution is -2.27. The molecule has 0 amide bonds. The van der Waals surface area contributed by atoms with E-state index in [4.69, 9.17) is 0 Å². The number of benzene rings is 2. The van der Waals surface area contributed by atoms with E-state index in [-0.39, 0.29) is 5.56 Å². The van der Waals surface area contributed by atoms with Crippen LogP contribution in [0.2, 0.25) is 0 Å². The van der Waals surface area contributed by atoms with Crippen molar-refractivity contribution in [2.45, 2.75) is 24.7 Å². The number of alkyl halides is 2. The van der Waals surface area contributed by atoms with Crippen molar-refractivity contribution in [3.8, 4) is 11.1 Å². The van der Waals surface area contributed by atoms with E-state index in [1.165, 1.54) is 6.07 Å². The highest BCUT2D eigenvalue weighted by Gasteiger charge is 2.77. The summed E-state index contributed by atoms with van der Waals surface area (Å²) in [5.41, 5.74) is 0.797. The lowest BCUT2D eigenvalue weighted by Gasteiger charge is -2.14. The minimum atomic E-state index is -3.18. The Morgan fingerprint density at radius 1 is 1.14 bits per heavy atom. The summed E-state index contributed by atoms with van der Waals surface area (Å²) in [4.78, 5) is 11.3. The Bertz CT molecular complexity index is 724. The van der Waals surface area contributed by atoms with Crippen LogP contribution in [-0.4, -0.2) is 17.0 Å². The van der Waals surface area contributed by atoms with Gasteiger partial charge >= 0.3 is 5.97 Å². The van der Waals surface area contributed by atoms with Crippen LogP contribution < -0.4 is 0 Å². The Hall–Kier alpha value is -2.23. The highest BCUT2D eigenvalue weighted by Crippen LogP contribution is 2.61. The third-order valence-corrected chi connectivity index (χ3v) is 4.16. The van der Waals surface area contributed by atoms with Crippen LogP contribution in [0.4, 0.5) is 8.78 Å². The molecule has 2 nitrogen and oxygen atoms in total. The number of rotatable bonds is 3. The van der Waals surface area contributed by atoms with Crippen LogP contribution in [0.15, 0.2) is 48.5 Å². The molecule has 1 aliphatic rings. The molecule has 1 saturated carbocycles. The van der Waals surface area contributed by atoms with Gasteiger partial charge in [0.15, 0.2) is 5.41 Å². The number of carboxylic acids is 1. The molecule has 1 unspecified atom stereocenters. The number of hydrogen-bond acceptors (Lipinski definition) is 1. The number of aliphatic carboxylic acids is 1. The SMILES string of the molecule is Cc1ccccc1-c1cccc(C2(C(=O)O)CC2(F)F)c1. The van der Waals surface area contributed by atoms with Crippen molar-refractivity contribution in [3.05, 3.63) is 59.7 Å². The topological polar surface area (TPSA) is 37.3 Å². The zero-order chi connectivity index (χ0) is 15.3. The lowest BCUT2D eigenvalue weighted by molar-refractivity contribution is -0.142. The summed E-state index contributed by atoms with van der Waals surface area (Å²) in [7, 11) is 0. The van der Waals surface area contributed by atoms with E-state index in [0.29, 0.717) is 0 Å². The molecule has 0 aliphatic heterocycles. The number of hydrogen-bond donors (Lipinski definition) is 1. The summed E-state index contributed by atoms with van der Waals surface area (Å²) in [5.74, 6) is -4.64. The minimum absolute atomic E-state index is 0.167. The van der Waals surface area contributed by atoms with Gasteiger partial charge in [-0.2, -0.15) is 0 Å². The van der Waals surface area contributed by atoms with Crippen LogP contribution in [0.5, 0.6) is 0 Å². The summed E-state index contributed by atoms with van der Waals surface area (Å²) >= 11 is 0. The number of carboxylic acid groups (broad SMARTS) is 1. The fourth-order valence-corrected chi connectivity index (χ4v) is 2.81. The number of carbonyl (C=O) groups is 1. The number of halogens is 2. The molecule has 21 heavy (non-hydrogen) atoms. The molecule has 2 aromatic carbocycles. The fraction of sp³-hybridized carbons (Fsp3) is 0.235. The van der Waals surface area contributed by atoms with Crippen molar-refractivity contribution in [3.63, 3.8) is 0 Å². The Morgan fingerprint density at radius 2 is 1.81 bits per heavy atom. The Balaban J connectivity index is 2.10. The van der Waals surface area contributed by atoms with Crippen molar-refractivity contribution in [1.82, 2.24) is 0 Å². The molecule has 0 saturated heterocycles. The molecular weight excluding hydrogens is 274 g/mol. The van der Waals surface area contributed by atoms with Crippen LogP contribution in [0, 0.1) is 6.92 Å². The first kappa shape index (κ1) is 13.7. The molecule has 3 rings (SSSR count). The summed E-state index contributed by atoms with van der Waals surface area (Å²) in [6.45, 7) is 1.93. The minimum Gasteiger partial charge on any atom is -0.480 e. The molecule has 108 valence electrons. The molecule has 1 aliphatic carbocycles. The molecule has 0 heterocycles. The zero-order valence-corrected chi connectivity index (χ0v) is 11.4. The van der Waals surface area contributed by atoms with Crippen molar-refractivity contribution in [2.24, 2.45) is 0 Å². The molecular formula is C17H14F2O2. The first-order valence-corrected chi connectivity index (χ1v) is 6.66. The van der Waals surface area contributed by atoms with Crippen LogP contribution >= 0.6 is 0 Å². The highest BCUT2D eigenvalue weighted by molar-refractivity contribution is 5.88. The molecule has 2 aromatic rings. The second kappa shape index (κ2) is 4.38. The van der Waals surface area contributed by atoms with Gasteiger partial charge in [0.1, 0.15) is 0 Å². The van der Waals surface area contributed by atoms with Gasteiger partial charge < -0.3 is 5.11 Å². The smallest absolute Gasteiger partial charge is 0.320 e. The monoisotopic (exact) mass is 288 g/mol. The second-order valence-corrected chi connectivity index (χ2v) is 5.49. The normalized spacial score (nSPS) is 22.8. The van der Waals surface area contributed by atoms with Gasteiger partial charge in [0.25, 0.3) is 5.92 Å².